The van der Waals surface area contributed by atoms with Gasteiger partial charge in [0.25, 0.3) is 5.91 Å². The highest BCUT2D eigenvalue weighted by Gasteiger charge is 2.33. The monoisotopic (exact) mass is 288 g/mol. The smallest absolute Gasteiger partial charge is 0.385 e. The minimum atomic E-state index is -4.39. The first-order valence-corrected chi connectivity index (χ1v) is 6.58. The Bertz CT molecular complexity index is 446. The molecule has 0 fully saturated rings. The molecule has 1 amide bonds. The summed E-state index contributed by atoms with van der Waals surface area (Å²) in [4.78, 5) is 13.1. The molecule has 3 nitrogen and oxygen atoms in total. The normalized spacial score (nSPS) is 11.2. The summed E-state index contributed by atoms with van der Waals surface area (Å²) in [5, 5.41) is 2.99. The maximum Gasteiger partial charge on any atom is 0.406 e. The van der Waals surface area contributed by atoms with Crippen LogP contribution in [0.3, 0.4) is 0 Å². The number of amides is 1. The zero-order chi connectivity index (χ0) is 15.2. The summed E-state index contributed by atoms with van der Waals surface area (Å²) in [6, 6.07) is 6.61. The average Bonchev–Trinajstić information content (AvgIpc) is 2.37. The zero-order valence-corrected chi connectivity index (χ0v) is 11.6. The SMILES string of the molecule is CCCN(CC(F)(F)F)C(=O)c1ccccc1NCC. The first kappa shape index (κ1) is 16.3. The number of carbonyl (C=O) groups is 1. The third kappa shape index (κ3) is 4.75. The van der Waals surface area contributed by atoms with E-state index in [9.17, 15) is 18.0 Å². The van der Waals surface area contributed by atoms with Crippen molar-refractivity contribution in [3.05, 3.63) is 29.8 Å². The molecule has 0 unspecified atom stereocenters. The topological polar surface area (TPSA) is 32.3 Å². The largest absolute Gasteiger partial charge is 0.406 e. The lowest BCUT2D eigenvalue weighted by molar-refractivity contribution is -0.140. The molecule has 6 heteroatoms. The second-order valence-corrected chi connectivity index (χ2v) is 4.42. The van der Waals surface area contributed by atoms with Crippen LogP contribution in [0.15, 0.2) is 24.3 Å². The molecule has 0 spiro atoms. The van der Waals surface area contributed by atoms with Gasteiger partial charge >= 0.3 is 6.18 Å². The van der Waals surface area contributed by atoms with Crippen LogP contribution in [0.2, 0.25) is 0 Å². The van der Waals surface area contributed by atoms with Crippen LogP contribution in [-0.4, -0.2) is 36.6 Å². The Morgan fingerprint density at radius 2 is 1.90 bits per heavy atom. The van der Waals surface area contributed by atoms with Crippen molar-refractivity contribution >= 4 is 11.6 Å². The summed E-state index contributed by atoms with van der Waals surface area (Å²) >= 11 is 0. The van der Waals surface area contributed by atoms with Crippen molar-refractivity contribution in [2.75, 3.05) is 25.0 Å². The van der Waals surface area contributed by atoms with Gasteiger partial charge in [-0.3, -0.25) is 4.79 Å². The maximum atomic E-state index is 12.5. The summed E-state index contributed by atoms with van der Waals surface area (Å²) in [7, 11) is 0. The van der Waals surface area contributed by atoms with Crippen molar-refractivity contribution in [2.45, 2.75) is 26.4 Å². The number of benzene rings is 1. The standard InChI is InChI=1S/C14H19F3N2O/c1-3-9-19(10-14(15,16)17)13(20)11-7-5-6-8-12(11)18-4-2/h5-8,18H,3-4,9-10H2,1-2H3. The van der Waals surface area contributed by atoms with Gasteiger partial charge in [0, 0.05) is 18.8 Å². The van der Waals surface area contributed by atoms with Gasteiger partial charge in [-0.2, -0.15) is 13.2 Å². The molecular formula is C14H19F3N2O. The fourth-order valence-electron chi connectivity index (χ4n) is 1.92. The number of nitrogens with one attached hydrogen (secondary N) is 1. The predicted molar refractivity (Wildman–Crippen MR) is 72.9 cm³/mol. The predicted octanol–water partition coefficient (Wildman–Crippen LogP) is 3.53. The van der Waals surface area contributed by atoms with Crippen molar-refractivity contribution in [2.24, 2.45) is 0 Å². The van der Waals surface area contributed by atoms with Gasteiger partial charge in [-0.1, -0.05) is 19.1 Å². The highest BCUT2D eigenvalue weighted by atomic mass is 19.4. The van der Waals surface area contributed by atoms with Crippen LogP contribution in [-0.2, 0) is 0 Å². The minimum Gasteiger partial charge on any atom is -0.385 e. The second-order valence-electron chi connectivity index (χ2n) is 4.42. The minimum absolute atomic E-state index is 0.0821. The number of hydrogen-bond donors (Lipinski definition) is 1. The third-order valence-electron chi connectivity index (χ3n) is 2.68. The first-order chi connectivity index (χ1) is 9.39. The molecule has 0 bridgehead atoms. The average molecular weight is 288 g/mol. The van der Waals surface area contributed by atoms with E-state index in [1.165, 1.54) is 0 Å². The number of halogens is 3. The number of carbonyl (C=O) groups excluding carboxylic acids is 1. The summed E-state index contributed by atoms with van der Waals surface area (Å²) in [5.41, 5.74) is 0.829. The number of anilines is 1. The number of rotatable bonds is 6. The highest BCUT2D eigenvalue weighted by molar-refractivity contribution is 5.99. The van der Waals surface area contributed by atoms with Crippen LogP contribution in [0.5, 0.6) is 0 Å². The molecule has 0 saturated heterocycles. The van der Waals surface area contributed by atoms with E-state index in [-0.39, 0.29) is 12.1 Å². The molecule has 0 radical (unpaired) electrons. The van der Waals surface area contributed by atoms with Crippen LogP contribution in [0.4, 0.5) is 18.9 Å². The van der Waals surface area contributed by atoms with Crippen molar-refractivity contribution in [1.29, 1.82) is 0 Å². The van der Waals surface area contributed by atoms with Crippen LogP contribution in [0.1, 0.15) is 30.6 Å². The molecule has 112 valence electrons. The molecule has 1 aromatic carbocycles. The molecule has 1 rings (SSSR count). The van der Waals surface area contributed by atoms with Gasteiger partial charge in [0.1, 0.15) is 6.54 Å². The van der Waals surface area contributed by atoms with E-state index in [1.54, 1.807) is 31.2 Å². The Kier molecular flexibility index (Phi) is 5.85. The lowest BCUT2D eigenvalue weighted by atomic mass is 10.1. The zero-order valence-electron chi connectivity index (χ0n) is 11.6. The lowest BCUT2D eigenvalue weighted by Crippen LogP contribution is -2.39. The molecule has 1 aromatic rings. The van der Waals surface area contributed by atoms with E-state index < -0.39 is 18.6 Å². The molecule has 0 saturated carbocycles. The fraction of sp³-hybridized carbons (Fsp3) is 0.500. The van der Waals surface area contributed by atoms with Gasteiger partial charge < -0.3 is 10.2 Å². The van der Waals surface area contributed by atoms with Crippen LogP contribution in [0.25, 0.3) is 0 Å². The molecule has 0 aliphatic rings. The molecule has 20 heavy (non-hydrogen) atoms. The molecule has 0 atom stereocenters. The number of para-hydroxylation sites is 1. The number of nitrogens with zero attached hydrogens (tertiary/aromatic N) is 1. The van der Waals surface area contributed by atoms with Crippen LogP contribution < -0.4 is 5.32 Å². The van der Waals surface area contributed by atoms with Gasteiger partial charge in [0.15, 0.2) is 0 Å². The maximum absolute atomic E-state index is 12.5. The Morgan fingerprint density at radius 3 is 2.45 bits per heavy atom. The van der Waals surface area contributed by atoms with E-state index >= 15 is 0 Å². The Hall–Kier alpha value is -1.72. The summed E-state index contributed by atoms with van der Waals surface area (Å²) < 4.78 is 37.6. The van der Waals surface area contributed by atoms with Gasteiger partial charge in [-0.15, -0.1) is 0 Å². The highest BCUT2D eigenvalue weighted by Crippen LogP contribution is 2.21. The third-order valence-corrected chi connectivity index (χ3v) is 2.68. The fourth-order valence-corrected chi connectivity index (χ4v) is 1.92. The molecule has 0 aliphatic heterocycles. The van der Waals surface area contributed by atoms with E-state index in [0.717, 1.165) is 4.90 Å². The molecular weight excluding hydrogens is 269 g/mol. The first-order valence-electron chi connectivity index (χ1n) is 6.58. The molecule has 1 N–H and O–H groups in total. The Morgan fingerprint density at radius 1 is 1.25 bits per heavy atom. The van der Waals surface area contributed by atoms with Crippen LogP contribution >= 0.6 is 0 Å². The van der Waals surface area contributed by atoms with Gasteiger partial charge in [0.2, 0.25) is 0 Å². The van der Waals surface area contributed by atoms with Crippen molar-refractivity contribution in [3.8, 4) is 0 Å². The Labute approximate surface area is 116 Å². The summed E-state index contributed by atoms with van der Waals surface area (Å²) in [6.07, 6.45) is -3.91. The second kappa shape index (κ2) is 7.17. The van der Waals surface area contributed by atoms with Crippen molar-refractivity contribution in [1.82, 2.24) is 4.90 Å². The quantitative estimate of drug-likeness (QED) is 0.868. The summed E-state index contributed by atoms with van der Waals surface area (Å²) in [6.45, 7) is 3.06. The van der Waals surface area contributed by atoms with Crippen LogP contribution in [0, 0.1) is 0 Å². The molecule has 0 aromatic heterocycles. The van der Waals surface area contributed by atoms with E-state index in [0.29, 0.717) is 18.7 Å². The number of hydrogen-bond acceptors (Lipinski definition) is 2. The van der Waals surface area contributed by atoms with E-state index in [4.69, 9.17) is 0 Å². The Balaban J connectivity index is 3.00. The van der Waals surface area contributed by atoms with Crippen molar-refractivity contribution in [3.63, 3.8) is 0 Å². The number of alkyl halides is 3. The molecule has 0 heterocycles. The van der Waals surface area contributed by atoms with Gasteiger partial charge in [-0.05, 0) is 25.5 Å². The lowest BCUT2D eigenvalue weighted by Gasteiger charge is -2.24. The molecule has 0 aliphatic carbocycles. The van der Waals surface area contributed by atoms with Crippen molar-refractivity contribution < 1.29 is 18.0 Å². The van der Waals surface area contributed by atoms with E-state index in [1.807, 2.05) is 6.92 Å². The van der Waals surface area contributed by atoms with E-state index in [2.05, 4.69) is 5.32 Å². The summed E-state index contributed by atoms with van der Waals surface area (Å²) in [5.74, 6) is -0.597. The van der Waals surface area contributed by atoms with Gasteiger partial charge in [0.05, 0.1) is 5.56 Å². The van der Waals surface area contributed by atoms with Gasteiger partial charge in [-0.25, -0.2) is 0 Å².